The molecule has 1 rings (SSSR count). The first-order valence-corrected chi connectivity index (χ1v) is 4.94. The second-order valence-corrected chi connectivity index (χ2v) is 3.33. The van der Waals surface area contributed by atoms with Gasteiger partial charge in [-0.3, -0.25) is 11.3 Å². The van der Waals surface area contributed by atoms with Gasteiger partial charge in [-0.1, -0.05) is 0 Å². The van der Waals surface area contributed by atoms with Crippen molar-refractivity contribution >= 4 is 0 Å². The van der Waals surface area contributed by atoms with E-state index < -0.39 is 0 Å². The summed E-state index contributed by atoms with van der Waals surface area (Å²) >= 11 is 0. The number of methoxy groups -OCH3 is 3. The fourth-order valence-corrected chi connectivity index (χ4v) is 1.54. The molecule has 0 saturated carbocycles. The van der Waals surface area contributed by atoms with E-state index in [2.05, 4.69) is 5.43 Å². The molecule has 0 bridgehead atoms. The molecule has 1 aromatic carbocycles. The minimum absolute atomic E-state index is 0.0733. The van der Waals surface area contributed by atoms with Crippen LogP contribution in [0.4, 0.5) is 0 Å². The van der Waals surface area contributed by atoms with Crippen LogP contribution in [-0.2, 0) is 0 Å². The van der Waals surface area contributed by atoms with E-state index in [1.54, 1.807) is 33.5 Å². The first-order chi connectivity index (χ1) is 7.67. The van der Waals surface area contributed by atoms with Gasteiger partial charge < -0.3 is 14.2 Å². The summed E-state index contributed by atoms with van der Waals surface area (Å²) in [7, 11) is 4.79. The fourth-order valence-electron chi connectivity index (χ4n) is 1.54. The van der Waals surface area contributed by atoms with E-state index in [-0.39, 0.29) is 6.04 Å². The molecule has 0 radical (unpaired) electrons. The van der Waals surface area contributed by atoms with E-state index in [4.69, 9.17) is 20.1 Å². The lowest BCUT2D eigenvalue weighted by Gasteiger charge is -2.19. The number of nitrogens with one attached hydrogen (secondary N) is 1. The topological polar surface area (TPSA) is 65.7 Å². The Morgan fingerprint density at radius 3 is 1.88 bits per heavy atom. The van der Waals surface area contributed by atoms with Gasteiger partial charge in [-0.2, -0.15) is 0 Å². The minimum atomic E-state index is -0.0733. The molecule has 0 fully saturated rings. The van der Waals surface area contributed by atoms with Crippen LogP contribution in [0.3, 0.4) is 0 Å². The van der Waals surface area contributed by atoms with Gasteiger partial charge in [-0.15, -0.1) is 0 Å². The molecule has 1 unspecified atom stereocenters. The number of hydrogen-bond donors (Lipinski definition) is 2. The summed E-state index contributed by atoms with van der Waals surface area (Å²) in [5.41, 5.74) is 3.54. The number of hydrazine groups is 1. The monoisotopic (exact) mass is 226 g/mol. The van der Waals surface area contributed by atoms with Crippen molar-refractivity contribution in [3.8, 4) is 17.2 Å². The Morgan fingerprint density at radius 1 is 1.06 bits per heavy atom. The summed E-state index contributed by atoms with van der Waals surface area (Å²) in [6.45, 7) is 1.92. The molecule has 90 valence electrons. The van der Waals surface area contributed by atoms with Gasteiger partial charge in [0.05, 0.1) is 32.9 Å². The van der Waals surface area contributed by atoms with Gasteiger partial charge in [0.2, 0.25) is 0 Å². The fraction of sp³-hybridized carbons (Fsp3) is 0.455. The van der Waals surface area contributed by atoms with Crippen LogP contribution >= 0.6 is 0 Å². The van der Waals surface area contributed by atoms with Crippen molar-refractivity contribution in [2.75, 3.05) is 21.3 Å². The second-order valence-electron chi connectivity index (χ2n) is 3.33. The van der Waals surface area contributed by atoms with E-state index in [1.807, 2.05) is 6.92 Å². The first-order valence-electron chi connectivity index (χ1n) is 4.94. The highest BCUT2D eigenvalue weighted by atomic mass is 16.5. The van der Waals surface area contributed by atoms with Gasteiger partial charge in [-0.25, -0.2) is 0 Å². The average Bonchev–Trinajstić information content (AvgIpc) is 2.35. The summed E-state index contributed by atoms with van der Waals surface area (Å²) in [4.78, 5) is 0. The predicted octanol–water partition coefficient (Wildman–Crippen LogP) is 1.24. The Kier molecular flexibility index (Phi) is 4.39. The molecule has 0 spiro atoms. The standard InChI is InChI=1S/C11H18N2O3/c1-7(13-12)11-9(15-3)5-8(14-2)6-10(11)16-4/h5-7,13H,12H2,1-4H3. The lowest BCUT2D eigenvalue weighted by atomic mass is 10.1. The first kappa shape index (κ1) is 12.6. The van der Waals surface area contributed by atoms with Gasteiger partial charge in [0.25, 0.3) is 0 Å². The van der Waals surface area contributed by atoms with Crippen LogP contribution < -0.4 is 25.5 Å². The lowest BCUT2D eigenvalue weighted by molar-refractivity contribution is 0.360. The molecule has 1 aromatic rings. The van der Waals surface area contributed by atoms with E-state index in [0.717, 1.165) is 5.56 Å². The maximum absolute atomic E-state index is 5.43. The van der Waals surface area contributed by atoms with Gasteiger partial charge in [0.1, 0.15) is 17.2 Å². The average molecular weight is 226 g/mol. The summed E-state index contributed by atoms with van der Waals surface area (Å²) in [5.74, 6) is 7.48. The maximum Gasteiger partial charge on any atom is 0.131 e. The van der Waals surface area contributed by atoms with Gasteiger partial charge in [0.15, 0.2) is 0 Å². The van der Waals surface area contributed by atoms with E-state index in [1.165, 1.54) is 0 Å². The van der Waals surface area contributed by atoms with Crippen LogP contribution in [0.25, 0.3) is 0 Å². The van der Waals surface area contributed by atoms with Crippen LogP contribution in [0.1, 0.15) is 18.5 Å². The van der Waals surface area contributed by atoms with Crippen molar-refractivity contribution < 1.29 is 14.2 Å². The van der Waals surface area contributed by atoms with E-state index in [9.17, 15) is 0 Å². The largest absolute Gasteiger partial charge is 0.496 e. The number of nitrogens with two attached hydrogens (primary N) is 1. The molecule has 3 N–H and O–H groups in total. The Bertz CT molecular complexity index is 330. The third-order valence-electron chi connectivity index (χ3n) is 2.44. The molecule has 0 aliphatic rings. The molecule has 0 amide bonds. The van der Waals surface area contributed by atoms with E-state index >= 15 is 0 Å². The van der Waals surface area contributed by atoms with Crippen molar-refractivity contribution in [3.05, 3.63) is 17.7 Å². The SMILES string of the molecule is COc1cc(OC)c(C(C)NN)c(OC)c1. The van der Waals surface area contributed by atoms with Crippen LogP contribution in [0.2, 0.25) is 0 Å². The van der Waals surface area contributed by atoms with Gasteiger partial charge in [0, 0.05) is 12.1 Å². The van der Waals surface area contributed by atoms with Crippen LogP contribution in [0, 0.1) is 0 Å². The van der Waals surface area contributed by atoms with Gasteiger partial charge >= 0.3 is 0 Å². The third kappa shape index (κ3) is 2.37. The Morgan fingerprint density at radius 2 is 1.56 bits per heavy atom. The molecular weight excluding hydrogens is 208 g/mol. The number of hydrogen-bond acceptors (Lipinski definition) is 5. The molecule has 16 heavy (non-hydrogen) atoms. The highest BCUT2D eigenvalue weighted by molar-refractivity contribution is 5.52. The normalized spacial score (nSPS) is 12.1. The molecular formula is C11H18N2O3. The smallest absolute Gasteiger partial charge is 0.131 e. The zero-order valence-electron chi connectivity index (χ0n) is 10.0. The molecule has 0 heterocycles. The highest BCUT2D eigenvalue weighted by Gasteiger charge is 2.17. The third-order valence-corrected chi connectivity index (χ3v) is 2.44. The zero-order valence-corrected chi connectivity index (χ0v) is 10.0. The molecule has 0 saturated heterocycles. The summed E-state index contributed by atoms with van der Waals surface area (Å²) < 4.78 is 15.8. The van der Waals surface area contributed by atoms with Crippen LogP contribution in [-0.4, -0.2) is 21.3 Å². The van der Waals surface area contributed by atoms with Crippen molar-refractivity contribution in [2.45, 2.75) is 13.0 Å². The van der Waals surface area contributed by atoms with Gasteiger partial charge in [-0.05, 0) is 6.92 Å². The lowest BCUT2D eigenvalue weighted by Crippen LogP contribution is -2.26. The molecule has 0 aliphatic carbocycles. The van der Waals surface area contributed by atoms with Crippen LogP contribution in [0.5, 0.6) is 17.2 Å². The minimum Gasteiger partial charge on any atom is -0.496 e. The van der Waals surface area contributed by atoms with Crippen molar-refractivity contribution in [2.24, 2.45) is 5.84 Å². The number of rotatable bonds is 5. The Hall–Kier alpha value is -1.46. The summed E-state index contributed by atoms with van der Waals surface area (Å²) in [6.07, 6.45) is 0. The number of ether oxygens (including phenoxy) is 3. The van der Waals surface area contributed by atoms with Crippen molar-refractivity contribution in [3.63, 3.8) is 0 Å². The Labute approximate surface area is 95.5 Å². The molecule has 0 aliphatic heterocycles. The van der Waals surface area contributed by atoms with E-state index in [0.29, 0.717) is 17.2 Å². The zero-order chi connectivity index (χ0) is 12.1. The summed E-state index contributed by atoms with van der Waals surface area (Å²) in [6, 6.07) is 3.52. The second kappa shape index (κ2) is 5.58. The molecule has 1 atom stereocenters. The quantitative estimate of drug-likeness (QED) is 0.584. The molecule has 5 nitrogen and oxygen atoms in total. The number of benzene rings is 1. The predicted molar refractivity (Wildman–Crippen MR) is 61.8 cm³/mol. The highest BCUT2D eigenvalue weighted by Crippen LogP contribution is 2.37. The van der Waals surface area contributed by atoms with Crippen LogP contribution in [0.15, 0.2) is 12.1 Å². The summed E-state index contributed by atoms with van der Waals surface area (Å²) in [5, 5.41) is 0. The van der Waals surface area contributed by atoms with Crippen molar-refractivity contribution in [1.29, 1.82) is 0 Å². The molecule has 5 heteroatoms. The van der Waals surface area contributed by atoms with Crippen molar-refractivity contribution in [1.82, 2.24) is 5.43 Å². The maximum atomic E-state index is 5.43. The Balaban J connectivity index is 3.31. The molecule has 0 aromatic heterocycles.